The normalized spacial score (nSPS) is 13.1. The first-order chi connectivity index (χ1) is 5.11. The highest BCUT2D eigenvalue weighted by molar-refractivity contribution is 14.1. The molecule has 0 heterocycles. The van der Waals surface area contributed by atoms with Gasteiger partial charge in [-0.25, -0.2) is 0 Å². The summed E-state index contributed by atoms with van der Waals surface area (Å²) >= 11 is 5.56. The standard InChI is InChI=1S/C8H8BrIO/c1-5(11)7-4-6(9)2-3-8(7)10/h2-5,11H,1H3. The van der Waals surface area contributed by atoms with Crippen LogP contribution in [0.25, 0.3) is 0 Å². The molecule has 0 aliphatic heterocycles. The lowest BCUT2D eigenvalue weighted by Crippen LogP contribution is -1.93. The van der Waals surface area contributed by atoms with E-state index in [-0.39, 0.29) is 6.10 Å². The molecule has 1 aromatic rings. The zero-order valence-electron chi connectivity index (χ0n) is 6.01. The lowest BCUT2D eigenvalue weighted by molar-refractivity contribution is 0.198. The van der Waals surface area contributed by atoms with Crippen molar-refractivity contribution < 1.29 is 5.11 Å². The van der Waals surface area contributed by atoms with Gasteiger partial charge in [-0.2, -0.15) is 0 Å². The van der Waals surface area contributed by atoms with Crippen molar-refractivity contribution in [1.82, 2.24) is 0 Å². The average Bonchev–Trinajstić information content (AvgIpc) is 1.94. The molecule has 0 aliphatic carbocycles. The smallest absolute Gasteiger partial charge is 0.0772 e. The van der Waals surface area contributed by atoms with Crippen molar-refractivity contribution in [3.05, 3.63) is 31.8 Å². The van der Waals surface area contributed by atoms with Gasteiger partial charge in [0.2, 0.25) is 0 Å². The fourth-order valence-electron chi connectivity index (χ4n) is 0.835. The first-order valence-electron chi connectivity index (χ1n) is 3.24. The summed E-state index contributed by atoms with van der Waals surface area (Å²) in [5, 5.41) is 9.30. The molecule has 1 nitrogen and oxygen atoms in total. The largest absolute Gasteiger partial charge is 0.389 e. The zero-order chi connectivity index (χ0) is 8.43. The third-order valence-corrected chi connectivity index (χ3v) is 2.88. The van der Waals surface area contributed by atoms with Gasteiger partial charge in [0.1, 0.15) is 0 Å². The molecule has 0 aromatic heterocycles. The summed E-state index contributed by atoms with van der Waals surface area (Å²) in [6.07, 6.45) is -0.389. The lowest BCUT2D eigenvalue weighted by Gasteiger charge is -2.07. The number of benzene rings is 1. The molecule has 11 heavy (non-hydrogen) atoms. The number of hydrogen-bond donors (Lipinski definition) is 1. The molecule has 60 valence electrons. The van der Waals surface area contributed by atoms with Crippen LogP contribution in [0.4, 0.5) is 0 Å². The van der Waals surface area contributed by atoms with Crippen molar-refractivity contribution in [3.63, 3.8) is 0 Å². The molecule has 0 fully saturated rings. The van der Waals surface area contributed by atoms with Crippen LogP contribution in [0.3, 0.4) is 0 Å². The van der Waals surface area contributed by atoms with Gasteiger partial charge in [-0.3, -0.25) is 0 Å². The summed E-state index contributed by atoms with van der Waals surface area (Å²) in [6, 6.07) is 5.88. The second-order valence-electron chi connectivity index (χ2n) is 2.34. The SMILES string of the molecule is CC(O)c1cc(Br)ccc1I. The molecule has 0 radical (unpaired) electrons. The van der Waals surface area contributed by atoms with Gasteiger partial charge in [0.15, 0.2) is 0 Å². The van der Waals surface area contributed by atoms with Crippen LogP contribution in [-0.2, 0) is 0 Å². The summed E-state index contributed by atoms with van der Waals surface area (Å²) in [4.78, 5) is 0. The third-order valence-electron chi connectivity index (χ3n) is 1.41. The highest BCUT2D eigenvalue weighted by Crippen LogP contribution is 2.23. The van der Waals surface area contributed by atoms with Crippen molar-refractivity contribution in [3.8, 4) is 0 Å². The van der Waals surface area contributed by atoms with Crippen molar-refractivity contribution in [2.24, 2.45) is 0 Å². The Morgan fingerprint density at radius 3 is 2.64 bits per heavy atom. The van der Waals surface area contributed by atoms with E-state index in [2.05, 4.69) is 38.5 Å². The average molecular weight is 327 g/mol. The Labute approximate surface area is 88.1 Å². The van der Waals surface area contributed by atoms with Crippen molar-refractivity contribution >= 4 is 38.5 Å². The van der Waals surface area contributed by atoms with Gasteiger partial charge >= 0.3 is 0 Å². The molecule has 0 saturated carbocycles. The molecule has 3 heteroatoms. The van der Waals surface area contributed by atoms with Gasteiger partial charge in [-0.05, 0) is 53.3 Å². The first-order valence-corrected chi connectivity index (χ1v) is 5.11. The molecule has 1 unspecified atom stereocenters. The molecular formula is C8H8BrIO. The Morgan fingerprint density at radius 2 is 2.18 bits per heavy atom. The van der Waals surface area contributed by atoms with E-state index in [1.54, 1.807) is 6.92 Å². The number of aliphatic hydroxyl groups excluding tert-OH is 1. The van der Waals surface area contributed by atoms with Gasteiger partial charge < -0.3 is 5.11 Å². The number of hydrogen-bond acceptors (Lipinski definition) is 1. The molecule has 0 saturated heterocycles. The zero-order valence-corrected chi connectivity index (χ0v) is 9.76. The van der Waals surface area contributed by atoms with Crippen LogP contribution in [0.1, 0.15) is 18.6 Å². The minimum atomic E-state index is -0.389. The maximum Gasteiger partial charge on any atom is 0.0772 e. The molecular weight excluding hydrogens is 319 g/mol. The highest BCUT2D eigenvalue weighted by Gasteiger charge is 2.05. The van der Waals surface area contributed by atoms with Crippen LogP contribution in [0.15, 0.2) is 22.7 Å². The minimum absolute atomic E-state index is 0.389. The van der Waals surface area contributed by atoms with Gasteiger partial charge in [-0.15, -0.1) is 0 Å². The second kappa shape index (κ2) is 3.87. The summed E-state index contributed by atoms with van der Waals surface area (Å²) < 4.78 is 2.11. The fraction of sp³-hybridized carbons (Fsp3) is 0.250. The van der Waals surface area contributed by atoms with Crippen molar-refractivity contribution in [2.45, 2.75) is 13.0 Å². The Kier molecular flexibility index (Phi) is 3.33. The Balaban J connectivity index is 3.13. The predicted octanol–water partition coefficient (Wildman–Crippen LogP) is 3.11. The minimum Gasteiger partial charge on any atom is -0.389 e. The van der Waals surface area contributed by atoms with Crippen molar-refractivity contribution in [2.75, 3.05) is 0 Å². The van der Waals surface area contributed by atoms with Gasteiger partial charge in [-0.1, -0.05) is 15.9 Å². The fourth-order valence-corrected chi connectivity index (χ4v) is 2.00. The van der Waals surface area contributed by atoms with Crippen LogP contribution in [0.2, 0.25) is 0 Å². The molecule has 1 rings (SSSR count). The van der Waals surface area contributed by atoms with E-state index >= 15 is 0 Å². The molecule has 0 aliphatic rings. The molecule has 0 spiro atoms. The molecule has 1 aromatic carbocycles. The number of rotatable bonds is 1. The topological polar surface area (TPSA) is 20.2 Å². The maximum absolute atomic E-state index is 9.30. The summed E-state index contributed by atoms with van der Waals surface area (Å²) in [5.41, 5.74) is 0.972. The van der Waals surface area contributed by atoms with Crippen LogP contribution in [-0.4, -0.2) is 5.11 Å². The van der Waals surface area contributed by atoms with Gasteiger partial charge in [0, 0.05) is 8.04 Å². The van der Waals surface area contributed by atoms with E-state index in [0.29, 0.717) is 0 Å². The predicted molar refractivity (Wildman–Crippen MR) is 57.5 cm³/mol. The quantitative estimate of drug-likeness (QED) is 0.786. The van der Waals surface area contributed by atoms with E-state index < -0.39 is 0 Å². The number of aliphatic hydroxyl groups is 1. The van der Waals surface area contributed by atoms with Crippen molar-refractivity contribution in [1.29, 1.82) is 0 Å². The highest BCUT2D eigenvalue weighted by atomic mass is 127. The van der Waals surface area contributed by atoms with E-state index in [0.717, 1.165) is 13.6 Å². The lowest BCUT2D eigenvalue weighted by atomic mass is 10.1. The van der Waals surface area contributed by atoms with Crippen LogP contribution >= 0.6 is 38.5 Å². The Morgan fingerprint density at radius 1 is 1.55 bits per heavy atom. The van der Waals surface area contributed by atoms with Crippen LogP contribution in [0.5, 0.6) is 0 Å². The molecule has 0 amide bonds. The van der Waals surface area contributed by atoms with E-state index in [1.807, 2.05) is 18.2 Å². The third kappa shape index (κ3) is 2.42. The molecule has 1 atom stereocenters. The van der Waals surface area contributed by atoms with E-state index in [4.69, 9.17) is 0 Å². The summed E-state index contributed by atoms with van der Waals surface area (Å²) in [6.45, 7) is 1.77. The van der Waals surface area contributed by atoms with Crippen LogP contribution in [0, 0.1) is 3.57 Å². The Hall–Kier alpha value is 0.390. The second-order valence-corrected chi connectivity index (χ2v) is 4.42. The summed E-state index contributed by atoms with van der Waals surface area (Å²) in [7, 11) is 0. The van der Waals surface area contributed by atoms with Gasteiger partial charge in [0.05, 0.1) is 6.10 Å². The monoisotopic (exact) mass is 326 g/mol. The number of halogens is 2. The molecule has 0 bridgehead atoms. The van der Waals surface area contributed by atoms with Gasteiger partial charge in [0.25, 0.3) is 0 Å². The first kappa shape index (κ1) is 9.48. The van der Waals surface area contributed by atoms with E-state index in [1.165, 1.54) is 0 Å². The maximum atomic E-state index is 9.30. The molecule has 1 N–H and O–H groups in total. The summed E-state index contributed by atoms with van der Waals surface area (Å²) in [5.74, 6) is 0. The Bertz CT molecular complexity index is 260. The van der Waals surface area contributed by atoms with E-state index in [9.17, 15) is 5.11 Å². The van der Waals surface area contributed by atoms with Crippen LogP contribution < -0.4 is 0 Å².